The van der Waals surface area contributed by atoms with Gasteiger partial charge in [0.05, 0.1) is 41.3 Å². The number of nitriles is 1. The van der Waals surface area contributed by atoms with Crippen LogP contribution in [0, 0.1) is 16.7 Å². The van der Waals surface area contributed by atoms with Crippen LogP contribution in [0.2, 0.25) is 0 Å². The van der Waals surface area contributed by atoms with E-state index in [-0.39, 0.29) is 47.9 Å². The third-order valence-corrected chi connectivity index (χ3v) is 4.88. The van der Waals surface area contributed by atoms with Gasteiger partial charge < -0.3 is 20.5 Å². The number of ether oxygens (including phenoxy) is 1. The number of anilines is 1. The smallest absolute Gasteiger partial charge is 0.294 e. The van der Waals surface area contributed by atoms with E-state index >= 15 is 0 Å². The van der Waals surface area contributed by atoms with Gasteiger partial charge in [-0.25, -0.2) is 9.97 Å². The van der Waals surface area contributed by atoms with Gasteiger partial charge in [0.2, 0.25) is 0 Å². The summed E-state index contributed by atoms with van der Waals surface area (Å²) in [4.78, 5) is 32.4. The molecule has 3 rings (SSSR count). The summed E-state index contributed by atoms with van der Waals surface area (Å²) >= 11 is 0. The highest BCUT2D eigenvalue weighted by molar-refractivity contribution is 6.14. The second-order valence-electron chi connectivity index (χ2n) is 7.83. The summed E-state index contributed by atoms with van der Waals surface area (Å²) in [6.07, 6.45) is 2.84. The van der Waals surface area contributed by atoms with Gasteiger partial charge in [-0.1, -0.05) is 0 Å². The number of hydrogen-bond donors (Lipinski definition) is 4. The molecule has 0 aliphatic rings. The quantitative estimate of drug-likeness (QED) is 0.281. The maximum Gasteiger partial charge on any atom is 0.294 e. The van der Waals surface area contributed by atoms with E-state index in [0.717, 1.165) is 0 Å². The number of hydrogen-bond acceptors (Lipinski definition) is 9. The Hall–Kier alpha value is -4.30. The van der Waals surface area contributed by atoms with Crippen molar-refractivity contribution in [3.63, 3.8) is 0 Å². The van der Waals surface area contributed by atoms with Gasteiger partial charge >= 0.3 is 0 Å². The number of carbonyl (C=O) groups is 2. The lowest BCUT2D eigenvalue weighted by molar-refractivity contribution is -0.131. The van der Waals surface area contributed by atoms with E-state index in [1.165, 1.54) is 17.0 Å². The maximum atomic E-state index is 12.9. The maximum absolute atomic E-state index is 12.9. The molecule has 170 valence electrons. The minimum Gasteiger partial charge on any atom is -0.446 e. The predicted octanol–water partition coefficient (Wildman–Crippen LogP) is 1.39. The van der Waals surface area contributed by atoms with Crippen molar-refractivity contribution < 1.29 is 19.4 Å². The van der Waals surface area contributed by atoms with Crippen molar-refractivity contribution in [3.8, 4) is 6.07 Å². The molecule has 0 unspecified atom stereocenters. The van der Waals surface area contributed by atoms with Crippen molar-refractivity contribution in [2.75, 3.05) is 19.0 Å². The molecule has 33 heavy (non-hydrogen) atoms. The first-order valence-corrected chi connectivity index (χ1v) is 9.90. The molecule has 0 spiro atoms. The number of nitrogens with zero attached hydrogens (tertiary/aromatic N) is 4. The van der Waals surface area contributed by atoms with Gasteiger partial charge in [0, 0.05) is 24.5 Å². The molecule has 0 saturated heterocycles. The lowest BCUT2D eigenvalue weighted by Crippen LogP contribution is -2.46. The lowest BCUT2D eigenvalue weighted by atomic mass is 10.0. The van der Waals surface area contributed by atoms with Crippen LogP contribution in [-0.4, -0.2) is 56.9 Å². The molecule has 0 radical (unpaired) electrons. The van der Waals surface area contributed by atoms with Crippen LogP contribution >= 0.6 is 0 Å². The molecule has 0 aliphatic carbocycles. The summed E-state index contributed by atoms with van der Waals surface area (Å²) in [6, 6.07) is 6.91. The monoisotopic (exact) mass is 449 g/mol. The molecule has 11 heteroatoms. The third-order valence-electron chi connectivity index (χ3n) is 4.88. The highest BCUT2D eigenvalue weighted by Gasteiger charge is 2.25. The minimum atomic E-state index is -0.882. The SMILES string of the molecule is CNc1cc(C#N)ccc1C(=N)c1cnc2c(n1)c(C(=O)NC(C)(C)CO)cn2COC=O. The van der Waals surface area contributed by atoms with E-state index in [1.807, 2.05) is 0 Å². The van der Waals surface area contributed by atoms with E-state index in [2.05, 4.69) is 26.7 Å². The summed E-state index contributed by atoms with van der Waals surface area (Å²) in [7, 11) is 1.68. The van der Waals surface area contributed by atoms with Crippen molar-refractivity contribution in [2.45, 2.75) is 26.1 Å². The van der Waals surface area contributed by atoms with E-state index < -0.39 is 11.4 Å². The highest BCUT2D eigenvalue weighted by atomic mass is 16.5. The molecule has 0 atom stereocenters. The molecule has 0 fully saturated rings. The van der Waals surface area contributed by atoms with Crippen molar-refractivity contribution in [3.05, 3.63) is 53.0 Å². The fourth-order valence-electron chi connectivity index (χ4n) is 3.14. The third kappa shape index (κ3) is 4.81. The summed E-state index contributed by atoms with van der Waals surface area (Å²) in [5.74, 6) is -0.504. The van der Waals surface area contributed by atoms with Crippen molar-refractivity contribution >= 4 is 34.9 Å². The number of aromatic nitrogens is 3. The van der Waals surface area contributed by atoms with Crippen molar-refractivity contribution in [1.82, 2.24) is 19.9 Å². The zero-order chi connectivity index (χ0) is 24.2. The fourth-order valence-corrected chi connectivity index (χ4v) is 3.14. The Bertz CT molecular complexity index is 1270. The van der Waals surface area contributed by atoms with Crippen LogP contribution in [0.4, 0.5) is 5.69 Å². The molecule has 3 aromatic rings. The minimum absolute atomic E-state index is 0.0391. The topological polar surface area (TPSA) is 166 Å². The molecule has 2 heterocycles. The molecule has 1 aromatic carbocycles. The summed E-state index contributed by atoms with van der Waals surface area (Å²) < 4.78 is 6.26. The van der Waals surface area contributed by atoms with Gasteiger partial charge in [-0.05, 0) is 32.0 Å². The van der Waals surface area contributed by atoms with Gasteiger partial charge in [-0.3, -0.25) is 19.6 Å². The van der Waals surface area contributed by atoms with E-state index in [1.54, 1.807) is 39.1 Å². The predicted molar refractivity (Wildman–Crippen MR) is 120 cm³/mol. The fraction of sp³-hybridized carbons (Fsp3) is 0.273. The van der Waals surface area contributed by atoms with E-state index in [4.69, 9.17) is 15.4 Å². The number of carbonyl (C=O) groups excluding carboxylic acids is 2. The molecule has 11 nitrogen and oxygen atoms in total. The normalized spacial score (nSPS) is 11.0. The number of aliphatic hydroxyl groups is 1. The Morgan fingerprint density at radius 3 is 2.79 bits per heavy atom. The van der Waals surface area contributed by atoms with Crippen LogP contribution in [0.15, 0.2) is 30.6 Å². The summed E-state index contributed by atoms with van der Waals surface area (Å²) in [5, 5.41) is 33.0. The van der Waals surface area contributed by atoms with Crippen LogP contribution in [0.1, 0.15) is 41.0 Å². The molecule has 1 amide bonds. The second-order valence-corrected chi connectivity index (χ2v) is 7.83. The number of rotatable bonds is 9. The largest absolute Gasteiger partial charge is 0.446 e. The van der Waals surface area contributed by atoms with Crippen LogP contribution in [-0.2, 0) is 16.3 Å². The van der Waals surface area contributed by atoms with Crippen molar-refractivity contribution in [2.24, 2.45) is 0 Å². The van der Waals surface area contributed by atoms with Crippen LogP contribution in [0.5, 0.6) is 0 Å². The number of aliphatic hydroxyl groups excluding tert-OH is 1. The van der Waals surface area contributed by atoms with E-state index in [9.17, 15) is 14.7 Å². The Labute approximate surface area is 189 Å². The number of benzene rings is 1. The number of amides is 1. The highest BCUT2D eigenvalue weighted by Crippen LogP contribution is 2.23. The molecule has 0 bridgehead atoms. The van der Waals surface area contributed by atoms with Gasteiger partial charge in [0.15, 0.2) is 12.4 Å². The van der Waals surface area contributed by atoms with Gasteiger partial charge in [-0.15, -0.1) is 0 Å². The standard InChI is InChI=1S/C22H23N7O4/c1-22(2,10-30)28-21(32)15-9-29(11-33-12-31)20-19(15)27-17(8-26-20)18(24)14-5-4-13(7-23)6-16(14)25-3/h4-6,8-9,12,24-25,30H,10-11H2,1-3H3,(H,28,32). The molecule has 0 saturated carbocycles. The summed E-state index contributed by atoms with van der Waals surface area (Å²) in [6.45, 7) is 3.15. The Morgan fingerprint density at radius 1 is 1.39 bits per heavy atom. The molecule has 2 aromatic heterocycles. The molecule has 4 N–H and O–H groups in total. The van der Waals surface area contributed by atoms with Crippen LogP contribution in [0.25, 0.3) is 11.2 Å². The van der Waals surface area contributed by atoms with Crippen LogP contribution in [0.3, 0.4) is 0 Å². The average molecular weight is 449 g/mol. The Kier molecular flexibility index (Phi) is 6.69. The van der Waals surface area contributed by atoms with Gasteiger partial charge in [0.1, 0.15) is 11.2 Å². The first kappa shape index (κ1) is 23.4. The van der Waals surface area contributed by atoms with Gasteiger partial charge in [0.25, 0.3) is 12.4 Å². The second kappa shape index (κ2) is 9.46. The van der Waals surface area contributed by atoms with Crippen molar-refractivity contribution in [1.29, 1.82) is 10.7 Å². The number of fused-ring (bicyclic) bond motifs is 1. The first-order valence-electron chi connectivity index (χ1n) is 9.90. The van der Waals surface area contributed by atoms with Crippen LogP contribution < -0.4 is 10.6 Å². The van der Waals surface area contributed by atoms with Gasteiger partial charge in [-0.2, -0.15) is 5.26 Å². The summed E-state index contributed by atoms with van der Waals surface area (Å²) in [5.41, 5.74) is 1.51. The zero-order valence-corrected chi connectivity index (χ0v) is 18.3. The zero-order valence-electron chi connectivity index (χ0n) is 18.3. The number of nitrogens with one attached hydrogen (secondary N) is 3. The average Bonchev–Trinajstić information content (AvgIpc) is 3.19. The lowest BCUT2D eigenvalue weighted by Gasteiger charge is -2.23. The Balaban J connectivity index is 2.10. The molecule has 0 aliphatic heterocycles. The van der Waals surface area contributed by atoms with E-state index in [0.29, 0.717) is 16.8 Å². The molecular weight excluding hydrogens is 426 g/mol. The molecular formula is C22H23N7O4. The Morgan fingerprint density at radius 2 is 2.15 bits per heavy atom. The first-order chi connectivity index (χ1) is 15.7.